The zero-order chi connectivity index (χ0) is 22.9. The van der Waals surface area contributed by atoms with E-state index in [9.17, 15) is 9.59 Å². The van der Waals surface area contributed by atoms with E-state index in [1.54, 1.807) is 47.7 Å². The van der Waals surface area contributed by atoms with Crippen LogP contribution in [0.4, 0.5) is 5.00 Å². The van der Waals surface area contributed by atoms with E-state index in [0.717, 1.165) is 35.6 Å². The molecule has 1 atom stereocenters. The van der Waals surface area contributed by atoms with E-state index in [1.807, 2.05) is 6.07 Å². The second kappa shape index (κ2) is 8.88. The summed E-state index contributed by atoms with van der Waals surface area (Å²) in [5.41, 5.74) is 2.76. The number of furan rings is 1. The Balaban J connectivity index is 1.31. The molecular weight excluding hydrogens is 438 g/mol. The van der Waals surface area contributed by atoms with E-state index < -0.39 is 12.1 Å². The number of benzene rings is 1. The van der Waals surface area contributed by atoms with Crippen LogP contribution in [0.15, 0.2) is 53.2 Å². The molecule has 0 spiro atoms. The van der Waals surface area contributed by atoms with Crippen molar-refractivity contribution in [1.29, 1.82) is 0 Å². The lowest BCUT2D eigenvalue weighted by molar-refractivity contribution is -0.128. The number of anilines is 1. The predicted octanol–water partition coefficient (Wildman–Crippen LogP) is 4.58. The summed E-state index contributed by atoms with van der Waals surface area (Å²) in [7, 11) is 0. The first kappa shape index (κ1) is 21.5. The quantitative estimate of drug-likeness (QED) is 0.327. The normalized spacial score (nSPS) is 18.0. The van der Waals surface area contributed by atoms with Gasteiger partial charge in [0, 0.05) is 30.1 Å². The zero-order valence-corrected chi connectivity index (χ0v) is 19.3. The van der Waals surface area contributed by atoms with E-state index in [0.29, 0.717) is 17.6 Å². The molecule has 0 bridgehead atoms. The summed E-state index contributed by atoms with van der Waals surface area (Å²) in [5.74, 6) is 0.405. The van der Waals surface area contributed by atoms with E-state index in [2.05, 4.69) is 29.4 Å². The molecule has 0 unspecified atom stereocenters. The van der Waals surface area contributed by atoms with Gasteiger partial charge < -0.3 is 19.8 Å². The first-order valence-corrected chi connectivity index (χ1v) is 11.8. The van der Waals surface area contributed by atoms with Crippen molar-refractivity contribution in [3.63, 3.8) is 0 Å². The summed E-state index contributed by atoms with van der Waals surface area (Å²) in [6.07, 6.45) is 4.89. The summed E-state index contributed by atoms with van der Waals surface area (Å²) in [6.45, 7) is 6.24. The highest BCUT2D eigenvalue weighted by Gasteiger charge is 2.33. The summed E-state index contributed by atoms with van der Waals surface area (Å²) in [4.78, 5) is 28.9. The third-order valence-electron chi connectivity index (χ3n) is 5.93. The molecule has 0 radical (unpaired) electrons. The third kappa shape index (κ3) is 4.44. The maximum absolute atomic E-state index is 13.0. The number of nitrogens with zero attached hydrogens (tertiary/aromatic N) is 1. The van der Waals surface area contributed by atoms with Gasteiger partial charge in [0.1, 0.15) is 22.7 Å². The van der Waals surface area contributed by atoms with Crippen molar-refractivity contribution in [2.24, 2.45) is 0 Å². The van der Waals surface area contributed by atoms with Crippen molar-refractivity contribution in [2.45, 2.75) is 39.0 Å². The molecule has 1 amide bonds. The van der Waals surface area contributed by atoms with Gasteiger partial charge in [-0.25, -0.2) is 4.79 Å². The molecule has 2 aliphatic heterocycles. The number of amides is 1. The fourth-order valence-corrected chi connectivity index (χ4v) is 5.49. The minimum absolute atomic E-state index is 0.0620. The van der Waals surface area contributed by atoms with Crippen molar-refractivity contribution in [3.8, 4) is 5.75 Å². The van der Waals surface area contributed by atoms with Gasteiger partial charge in [-0.1, -0.05) is 12.1 Å². The minimum Gasteiger partial charge on any atom is -0.465 e. The topological polar surface area (TPSA) is 83.8 Å². The average Bonchev–Trinajstić information content (AvgIpc) is 3.45. The molecule has 0 fully saturated rings. The molecule has 2 aliphatic rings. The molecule has 170 valence electrons. The van der Waals surface area contributed by atoms with Crippen molar-refractivity contribution >= 4 is 34.3 Å². The van der Waals surface area contributed by atoms with Gasteiger partial charge in [-0.3, -0.25) is 9.69 Å². The highest BCUT2D eigenvalue weighted by atomic mass is 32.1. The van der Waals surface area contributed by atoms with Gasteiger partial charge in [0.2, 0.25) is 0 Å². The van der Waals surface area contributed by atoms with Crippen LogP contribution in [0.5, 0.6) is 5.75 Å². The summed E-state index contributed by atoms with van der Waals surface area (Å²) >= 11 is 1.66. The van der Waals surface area contributed by atoms with Gasteiger partial charge in [0.25, 0.3) is 5.91 Å². The number of esters is 1. The Bertz CT molecular complexity index is 1210. The van der Waals surface area contributed by atoms with Crippen LogP contribution >= 0.6 is 11.3 Å². The van der Waals surface area contributed by atoms with Crippen molar-refractivity contribution in [2.75, 3.05) is 11.9 Å². The summed E-state index contributed by atoms with van der Waals surface area (Å²) in [6, 6.07) is 11.1. The molecule has 0 saturated carbocycles. The largest absolute Gasteiger partial charge is 0.465 e. The Morgan fingerprint density at radius 1 is 1.27 bits per heavy atom. The van der Waals surface area contributed by atoms with E-state index >= 15 is 0 Å². The number of carbonyl (C=O) groups is 2. The lowest BCUT2D eigenvalue weighted by Crippen LogP contribution is -2.39. The lowest BCUT2D eigenvalue weighted by atomic mass is 9.99. The molecule has 1 aromatic carbocycles. The number of carbonyl (C=O) groups excluding carboxylic acids is 2. The molecular formula is C25H25N3O4S. The molecule has 2 aromatic heterocycles. The second-order valence-electron chi connectivity index (χ2n) is 8.42. The molecule has 5 rings (SSSR count). The number of ether oxygens (including phenoxy) is 1. The molecule has 7 nitrogen and oxygen atoms in total. The van der Waals surface area contributed by atoms with E-state index in [1.165, 1.54) is 22.8 Å². The number of thiophene rings is 1. The van der Waals surface area contributed by atoms with Crippen LogP contribution in [0.2, 0.25) is 0 Å². The number of hydrogen-bond donors (Lipinski definition) is 2. The van der Waals surface area contributed by atoms with Gasteiger partial charge in [-0.05, 0) is 61.7 Å². The van der Waals surface area contributed by atoms with Crippen molar-refractivity contribution < 1.29 is 18.7 Å². The molecule has 2 N–H and O–H groups in total. The Hall–Kier alpha value is -3.36. The maximum Gasteiger partial charge on any atom is 0.336 e. The Kier molecular flexibility index (Phi) is 5.78. The van der Waals surface area contributed by atoms with E-state index in [-0.39, 0.29) is 5.91 Å². The number of rotatable bonds is 5. The highest BCUT2D eigenvalue weighted by Crippen LogP contribution is 2.41. The molecule has 0 saturated heterocycles. The smallest absolute Gasteiger partial charge is 0.336 e. The van der Waals surface area contributed by atoms with Crippen LogP contribution in [-0.2, 0) is 17.8 Å². The SMILES string of the molecule is CC(C)N1CCc2c(sc3c2C(=O)N[C@@H](c2cccc(OC(=O)/C=C/c4ccco4)c2)N3)C1. The second-order valence-corrected chi connectivity index (χ2v) is 9.52. The molecule has 0 aliphatic carbocycles. The average molecular weight is 464 g/mol. The van der Waals surface area contributed by atoms with Crippen LogP contribution in [0.3, 0.4) is 0 Å². The van der Waals surface area contributed by atoms with Crippen molar-refractivity contribution in [3.05, 3.63) is 76.1 Å². The minimum atomic E-state index is -0.507. The van der Waals surface area contributed by atoms with Crippen LogP contribution in [0, 0.1) is 0 Å². The fourth-order valence-electron chi connectivity index (χ4n) is 4.19. The van der Waals surface area contributed by atoms with Gasteiger partial charge >= 0.3 is 5.97 Å². The zero-order valence-electron chi connectivity index (χ0n) is 18.5. The Morgan fingerprint density at radius 3 is 2.94 bits per heavy atom. The summed E-state index contributed by atoms with van der Waals surface area (Å²) < 4.78 is 10.6. The van der Waals surface area contributed by atoms with Gasteiger partial charge in [-0.2, -0.15) is 0 Å². The number of nitrogens with one attached hydrogen (secondary N) is 2. The van der Waals surface area contributed by atoms with Crippen LogP contribution in [0.1, 0.15) is 52.1 Å². The standard InChI is InChI=1S/C25H25N3O4S/c1-15(2)28-11-10-19-20(14-28)33-25-22(19)24(30)26-23(27-25)16-5-3-6-18(13-16)32-21(29)9-8-17-7-4-12-31-17/h3-9,12-13,15,23,27H,10-11,14H2,1-2H3,(H,26,30)/b9-8+/t23-/m1/s1. The van der Waals surface area contributed by atoms with Gasteiger partial charge in [0.15, 0.2) is 0 Å². The Labute approximate surface area is 196 Å². The number of hydrogen-bond acceptors (Lipinski definition) is 7. The number of fused-ring (bicyclic) bond motifs is 3. The van der Waals surface area contributed by atoms with Crippen LogP contribution < -0.4 is 15.4 Å². The van der Waals surface area contributed by atoms with E-state index in [4.69, 9.17) is 9.15 Å². The molecule has 4 heterocycles. The van der Waals surface area contributed by atoms with Crippen molar-refractivity contribution in [1.82, 2.24) is 10.2 Å². The van der Waals surface area contributed by atoms with Gasteiger partial charge in [-0.15, -0.1) is 11.3 Å². The first-order chi connectivity index (χ1) is 16.0. The predicted molar refractivity (Wildman–Crippen MR) is 127 cm³/mol. The fraction of sp³-hybridized carbons (Fsp3) is 0.280. The molecule has 33 heavy (non-hydrogen) atoms. The third-order valence-corrected chi connectivity index (χ3v) is 7.08. The van der Waals surface area contributed by atoms with Crippen LogP contribution in [-0.4, -0.2) is 29.4 Å². The Morgan fingerprint density at radius 2 is 2.15 bits per heavy atom. The van der Waals surface area contributed by atoms with Gasteiger partial charge in [0.05, 0.1) is 11.8 Å². The lowest BCUT2D eigenvalue weighted by Gasteiger charge is -2.31. The monoisotopic (exact) mass is 463 g/mol. The first-order valence-electron chi connectivity index (χ1n) is 11.0. The maximum atomic E-state index is 13.0. The van der Waals surface area contributed by atoms with Crippen LogP contribution in [0.25, 0.3) is 6.08 Å². The molecule has 8 heteroatoms. The highest BCUT2D eigenvalue weighted by molar-refractivity contribution is 7.16. The molecule has 3 aromatic rings. The summed E-state index contributed by atoms with van der Waals surface area (Å²) in [5, 5.41) is 7.44.